The monoisotopic (exact) mass is 325 g/mol. The van der Waals surface area contributed by atoms with Crippen LogP contribution in [-0.2, 0) is 24.7 Å². The molecule has 3 rings (SSSR count). The van der Waals surface area contributed by atoms with Gasteiger partial charge in [0, 0.05) is 31.3 Å². The van der Waals surface area contributed by atoms with Gasteiger partial charge in [-0.15, -0.1) is 0 Å². The van der Waals surface area contributed by atoms with Crippen LogP contribution in [0, 0.1) is 13.8 Å². The smallest absolute Gasteiger partial charge is 0.224 e. The van der Waals surface area contributed by atoms with Crippen molar-refractivity contribution in [1.29, 1.82) is 0 Å². The van der Waals surface area contributed by atoms with Crippen LogP contribution in [-0.4, -0.2) is 32.2 Å². The van der Waals surface area contributed by atoms with E-state index in [1.54, 1.807) is 0 Å². The number of nitrogens with one attached hydrogen (secondary N) is 2. The lowest BCUT2D eigenvalue weighted by atomic mass is 10.1. The second-order valence-corrected chi connectivity index (χ2v) is 6.10. The van der Waals surface area contributed by atoms with E-state index < -0.39 is 0 Å². The summed E-state index contributed by atoms with van der Waals surface area (Å²) in [4.78, 5) is 20.0. The molecule has 6 nitrogen and oxygen atoms in total. The quantitative estimate of drug-likeness (QED) is 0.682. The number of nitrogens with zero attached hydrogens (tertiary/aromatic N) is 3. The number of hydrogen-bond donors (Lipinski definition) is 2. The van der Waals surface area contributed by atoms with Crippen LogP contribution in [0.5, 0.6) is 0 Å². The van der Waals surface area contributed by atoms with Gasteiger partial charge in [0.05, 0.1) is 23.1 Å². The van der Waals surface area contributed by atoms with Crippen molar-refractivity contribution in [3.63, 3.8) is 0 Å². The Morgan fingerprint density at radius 2 is 2.08 bits per heavy atom. The number of rotatable bonds is 6. The molecule has 2 heterocycles. The summed E-state index contributed by atoms with van der Waals surface area (Å²) < 4.78 is 1.82. The normalized spacial score (nSPS) is 11.1. The van der Waals surface area contributed by atoms with E-state index >= 15 is 0 Å². The summed E-state index contributed by atoms with van der Waals surface area (Å²) in [6, 6.07) is 7.99. The van der Waals surface area contributed by atoms with Crippen molar-refractivity contribution < 1.29 is 4.79 Å². The average molecular weight is 325 g/mol. The Bertz CT molecular complexity index is 829. The zero-order valence-electron chi connectivity index (χ0n) is 14.4. The van der Waals surface area contributed by atoms with Gasteiger partial charge in [-0.2, -0.15) is 5.10 Å². The van der Waals surface area contributed by atoms with Gasteiger partial charge in [0.1, 0.15) is 5.82 Å². The van der Waals surface area contributed by atoms with Crippen LogP contribution in [0.15, 0.2) is 24.3 Å². The van der Waals surface area contributed by atoms with Crippen molar-refractivity contribution in [3.05, 3.63) is 47.0 Å². The molecule has 0 unspecified atom stereocenters. The van der Waals surface area contributed by atoms with Crippen LogP contribution in [0.3, 0.4) is 0 Å². The van der Waals surface area contributed by atoms with Crippen LogP contribution in [0.4, 0.5) is 0 Å². The summed E-state index contributed by atoms with van der Waals surface area (Å²) in [5.41, 5.74) is 5.03. The third-order valence-electron chi connectivity index (χ3n) is 4.35. The van der Waals surface area contributed by atoms with Crippen LogP contribution in [0.25, 0.3) is 11.0 Å². The molecule has 0 saturated carbocycles. The lowest BCUT2D eigenvalue weighted by Crippen LogP contribution is -2.26. The van der Waals surface area contributed by atoms with Crippen molar-refractivity contribution in [2.45, 2.75) is 33.1 Å². The highest BCUT2D eigenvalue weighted by molar-refractivity contribution is 5.79. The molecule has 0 bridgehead atoms. The van der Waals surface area contributed by atoms with E-state index in [9.17, 15) is 4.79 Å². The third-order valence-corrected chi connectivity index (χ3v) is 4.35. The van der Waals surface area contributed by atoms with Gasteiger partial charge in [0.25, 0.3) is 0 Å². The summed E-state index contributed by atoms with van der Waals surface area (Å²) >= 11 is 0. The molecule has 0 aliphatic rings. The predicted molar refractivity (Wildman–Crippen MR) is 93.8 cm³/mol. The number of carbonyl (C=O) groups is 1. The molecule has 2 N–H and O–H groups in total. The maximum atomic E-state index is 12.1. The van der Waals surface area contributed by atoms with Gasteiger partial charge in [-0.1, -0.05) is 12.1 Å². The lowest BCUT2D eigenvalue weighted by molar-refractivity contribution is -0.120. The van der Waals surface area contributed by atoms with E-state index in [-0.39, 0.29) is 5.91 Å². The molecular formula is C18H23N5O. The van der Waals surface area contributed by atoms with Crippen molar-refractivity contribution in [2.75, 3.05) is 6.54 Å². The number of aryl methyl sites for hydroxylation is 3. The number of hydrogen-bond acceptors (Lipinski definition) is 3. The first kappa shape index (κ1) is 16.2. The van der Waals surface area contributed by atoms with E-state index in [4.69, 9.17) is 0 Å². The molecule has 0 aliphatic heterocycles. The van der Waals surface area contributed by atoms with Gasteiger partial charge in [-0.25, -0.2) is 4.98 Å². The molecule has 0 fully saturated rings. The van der Waals surface area contributed by atoms with Gasteiger partial charge in [-0.05, 0) is 32.4 Å². The number of benzene rings is 1. The molecule has 0 atom stereocenters. The van der Waals surface area contributed by atoms with Crippen molar-refractivity contribution in [2.24, 2.45) is 7.05 Å². The standard InChI is InChI=1S/C18H23N5O/c1-12-14(13(2)23(3)22-12)11-18(24)19-10-6-9-17-20-15-7-4-5-8-16(15)21-17/h4-5,7-8H,6,9-11H2,1-3H3,(H,19,24)(H,20,21). The van der Waals surface area contributed by atoms with E-state index in [2.05, 4.69) is 20.4 Å². The maximum Gasteiger partial charge on any atom is 0.224 e. The highest BCUT2D eigenvalue weighted by Gasteiger charge is 2.13. The Morgan fingerprint density at radius 1 is 1.29 bits per heavy atom. The van der Waals surface area contributed by atoms with Gasteiger partial charge in [0.15, 0.2) is 0 Å². The van der Waals surface area contributed by atoms with Gasteiger partial charge in [-0.3, -0.25) is 9.48 Å². The second kappa shape index (κ2) is 6.86. The number of fused-ring (bicyclic) bond motifs is 1. The molecule has 0 aliphatic carbocycles. The van der Waals surface area contributed by atoms with E-state index in [0.717, 1.165) is 46.7 Å². The van der Waals surface area contributed by atoms with Crippen molar-refractivity contribution >= 4 is 16.9 Å². The molecule has 24 heavy (non-hydrogen) atoms. The number of aromatic nitrogens is 4. The van der Waals surface area contributed by atoms with Gasteiger partial charge < -0.3 is 10.3 Å². The summed E-state index contributed by atoms with van der Waals surface area (Å²) in [5, 5.41) is 7.33. The molecule has 0 spiro atoms. The average Bonchev–Trinajstić information content (AvgIpc) is 3.07. The lowest BCUT2D eigenvalue weighted by Gasteiger charge is -2.05. The summed E-state index contributed by atoms with van der Waals surface area (Å²) in [7, 11) is 1.90. The Labute approximate surface area is 141 Å². The molecular weight excluding hydrogens is 302 g/mol. The Hall–Kier alpha value is -2.63. The Morgan fingerprint density at radius 3 is 2.79 bits per heavy atom. The van der Waals surface area contributed by atoms with Crippen LogP contribution in [0.2, 0.25) is 0 Å². The van der Waals surface area contributed by atoms with E-state index in [1.807, 2.05) is 49.8 Å². The summed E-state index contributed by atoms with van der Waals surface area (Å²) in [6.45, 7) is 4.58. The van der Waals surface area contributed by atoms with Crippen molar-refractivity contribution in [1.82, 2.24) is 25.1 Å². The zero-order valence-corrected chi connectivity index (χ0v) is 14.4. The molecule has 6 heteroatoms. The number of H-pyrrole nitrogens is 1. The fourth-order valence-electron chi connectivity index (χ4n) is 2.90. The first-order valence-corrected chi connectivity index (χ1v) is 8.24. The van der Waals surface area contributed by atoms with Crippen LogP contribution < -0.4 is 5.32 Å². The van der Waals surface area contributed by atoms with Gasteiger partial charge in [0.2, 0.25) is 5.91 Å². The molecule has 0 radical (unpaired) electrons. The molecule has 1 aromatic carbocycles. The molecule has 1 amide bonds. The minimum atomic E-state index is 0.0406. The number of imidazole rings is 1. The van der Waals surface area contributed by atoms with Gasteiger partial charge >= 0.3 is 0 Å². The fourth-order valence-corrected chi connectivity index (χ4v) is 2.90. The third kappa shape index (κ3) is 3.48. The van der Waals surface area contributed by atoms with E-state index in [1.165, 1.54) is 0 Å². The molecule has 126 valence electrons. The number of aromatic amines is 1. The molecule has 2 aromatic heterocycles. The minimum Gasteiger partial charge on any atom is -0.356 e. The largest absolute Gasteiger partial charge is 0.356 e. The highest BCUT2D eigenvalue weighted by Crippen LogP contribution is 2.13. The van der Waals surface area contributed by atoms with Crippen LogP contribution >= 0.6 is 0 Å². The number of carbonyl (C=O) groups excluding carboxylic acids is 1. The Balaban J connectivity index is 1.46. The minimum absolute atomic E-state index is 0.0406. The topological polar surface area (TPSA) is 75.6 Å². The summed E-state index contributed by atoms with van der Waals surface area (Å²) in [6.07, 6.45) is 2.06. The first-order valence-electron chi connectivity index (χ1n) is 8.24. The number of amides is 1. The maximum absolute atomic E-state index is 12.1. The molecule has 0 saturated heterocycles. The first-order chi connectivity index (χ1) is 11.5. The molecule has 3 aromatic rings. The highest BCUT2D eigenvalue weighted by atomic mass is 16.1. The van der Waals surface area contributed by atoms with E-state index in [0.29, 0.717) is 13.0 Å². The van der Waals surface area contributed by atoms with Crippen molar-refractivity contribution in [3.8, 4) is 0 Å². The SMILES string of the molecule is Cc1nn(C)c(C)c1CC(=O)NCCCc1nc2ccccc2[nH]1. The zero-order chi connectivity index (χ0) is 17.1. The second-order valence-electron chi connectivity index (χ2n) is 6.10. The Kier molecular flexibility index (Phi) is 4.64. The summed E-state index contributed by atoms with van der Waals surface area (Å²) in [5.74, 6) is 1.00. The predicted octanol–water partition coefficient (Wildman–Crippen LogP) is 2.20. The number of para-hydroxylation sites is 2. The fraction of sp³-hybridized carbons (Fsp3) is 0.389. The van der Waals surface area contributed by atoms with Crippen LogP contribution in [0.1, 0.15) is 29.2 Å².